The molecule has 60 valence electrons. The van der Waals surface area contributed by atoms with Crippen molar-refractivity contribution in [2.75, 3.05) is 6.61 Å². The summed E-state index contributed by atoms with van der Waals surface area (Å²) >= 11 is 0. The highest BCUT2D eigenvalue weighted by atomic mass is 19.1. The summed E-state index contributed by atoms with van der Waals surface area (Å²) in [6, 6.07) is -0.694. The zero-order chi connectivity index (χ0) is 7.72. The molecule has 1 aliphatic carbocycles. The Hall–Kier alpha value is -0.190. The minimum absolute atomic E-state index is 0.140. The molecule has 0 radical (unpaired) electrons. The van der Waals surface area contributed by atoms with Crippen LogP contribution < -0.4 is 5.73 Å². The van der Waals surface area contributed by atoms with Crippen LogP contribution in [0.5, 0.6) is 0 Å². The smallest absolute Gasteiger partial charge is 0.141 e. The zero-order valence-corrected chi connectivity index (χ0v) is 5.57. The Labute approximate surface area is 58.7 Å². The molecular formula is C6H12FNO2. The summed E-state index contributed by atoms with van der Waals surface area (Å²) in [6.07, 6.45) is -2.07. The van der Waals surface area contributed by atoms with Crippen molar-refractivity contribution < 1.29 is 14.6 Å². The van der Waals surface area contributed by atoms with Gasteiger partial charge >= 0.3 is 0 Å². The lowest BCUT2D eigenvalue weighted by molar-refractivity contribution is 0.0970. The van der Waals surface area contributed by atoms with E-state index in [9.17, 15) is 4.39 Å². The van der Waals surface area contributed by atoms with E-state index in [2.05, 4.69) is 0 Å². The normalized spacial score (nSPS) is 48.0. The molecule has 4 atom stereocenters. The van der Waals surface area contributed by atoms with Crippen LogP contribution in [-0.2, 0) is 0 Å². The molecule has 0 aromatic carbocycles. The first-order chi connectivity index (χ1) is 4.66. The highest BCUT2D eigenvalue weighted by Crippen LogP contribution is 2.26. The van der Waals surface area contributed by atoms with Gasteiger partial charge in [0.2, 0.25) is 0 Å². The van der Waals surface area contributed by atoms with E-state index < -0.39 is 18.3 Å². The van der Waals surface area contributed by atoms with Crippen LogP contribution in [-0.4, -0.2) is 35.1 Å². The van der Waals surface area contributed by atoms with Crippen LogP contribution in [0.25, 0.3) is 0 Å². The molecule has 4 heteroatoms. The van der Waals surface area contributed by atoms with E-state index in [4.69, 9.17) is 15.9 Å². The van der Waals surface area contributed by atoms with Gasteiger partial charge in [-0.05, 0) is 6.42 Å². The predicted octanol–water partition coefficient (Wildman–Crippen LogP) is -0.975. The third kappa shape index (κ3) is 1.14. The van der Waals surface area contributed by atoms with Gasteiger partial charge in [-0.2, -0.15) is 0 Å². The van der Waals surface area contributed by atoms with E-state index in [0.717, 1.165) is 0 Å². The number of nitrogens with two attached hydrogens (primary N) is 1. The Kier molecular flexibility index (Phi) is 2.23. The highest BCUT2D eigenvalue weighted by molar-refractivity contribution is 4.93. The molecule has 3 nitrogen and oxygen atoms in total. The quantitative estimate of drug-likeness (QED) is 0.449. The van der Waals surface area contributed by atoms with E-state index in [0.29, 0.717) is 0 Å². The van der Waals surface area contributed by atoms with Gasteiger partial charge in [-0.15, -0.1) is 0 Å². The topological polar surface area (TPSA) is 66.5 Å². The summed E-state index contributed by atoms with van der Waals surface area (Å²) in [5, 5.41) is 17.5. The zero-order valence-electron chi connectivity index (χ0n) is 5.57. The minimum atomic E-state index is -1.36. The summed E-state index contributed by atoms with van der Waals surface area (Å²) in [5.74, 6) is -0.273. The van der Waals surface area contributed by atoms with Crippen LogP contribution in [0.3, 0.4) is 0 Å². The second-order valence-electron chi connectivity index (χ2n) is 2.77. The van der Waals surface area contributed by atoms with Crippen LogP contribution in [0.15, 0.2) is 0 Å². The van der Waals surface area contributed by atoms with Crippen LogP contribution in [0.4, 0.5) is 4.39 Å². The first kappa shape index (κ1) is 7.91. The third-order valence-corrected chi connectivity index (χ3v) is 2.06. The summed E-state index contributed by atoms with van der Waals surface area (Å²) in [6.45, 7) is -0.140. The fourth-order valence-corrected chi connectivity index (χ4v) is 1.31. The minimum Gasteiger partial charge on any atom is -0.396 e. The van der Waals surface area contributed by atoms with Crippen molar-refractivity contribution in [2.45, 2.75) is 24.7 Å². The Balaban J connectivity index is 2.53. The molecule has 0 heterocycles. The maximum atomic E-state index is 12.7. The standard InChI is InChI=1S/C6H12FNO2/c7-5-4(10)1-3(2-9)6(5)8/h3-6,9-10H,1-2,8H2/t3?,4?,5?,6-/m1/s1. The average molecular weight is 149 g/mol. The summed E-state index contributed by atoms with van der Waals surface area (Å²) < 4.78 is 12.7. The van der Waals surface area contributed by atoms with Crippen LogP contribution in [0.2, 0.25) is 0 Å². The largest absolute Gasteiger partial charge is 0.396 e. The van der Waals surface area contributed by atoms with Crippen LogP contribution in [0, 0.1) is 5.92 Å². The molecule has 0 amide bonds. The Bertz CT molecular complexity index is 122. The van der Waals surface area contributed by atoms with E-state index >= 15 is 0 Å². The number of alkyl halides is 1. The first-order valence-corrected chi connectivity index (χ1v) is 3.35. The lowest BCUT2D eigenvalue weighted by atomic mass is 10.1. The molecule has 0 saturated heterocycles. The summed E-state index contributed by atoms with van der Waals surface area (Å²) in [5.41, 5.74) is 5.33. The summed E-state index contributed by atoms with van der Waals surface area (Å²) in [7, 11) is 0. The average Bonchev–Trinajstić information content (AvgIpc) is 2.17. The van der Waals surface area contributed by atoms with Gasteiger partial charge in [0, 0.05) is 18.6 Å². The second kappa shape index (κ2) is 2.82. The lowest BCUT2D eigenvalue weighted by Crippen LogP contribution is -2.36. The van der Waals surface area contributed by atoms with Crippen molar-refractivity contribution in [2.24, 2.45) is 11.7 Å². The van der Waals surface area contributed by atoms with E-state index in [1.54, 1.807) is 0 Å². The Morgan fingerprint density at radius 1 is 1.60 bits per heavy atom. The van der Waals surface area contributed by atoms with E-state index in [1.165, 1.54) is 0 Å². The molecular weight excluding hydrogens is 137 g/mol. The lowest BCUT2D eigenvalue weighted by Gasteiger charge is -2.12. The number of aliphatic hydroxyl groups excluding tert-OH is 2. The maximum Gasteiger partial charge on any atom is 0.141 e. The van der Waals surface area contributed by atoms with Gasteiger partial charge in [0.1, 0.15) is 6.17 Å². The Morgan fingerprint density at radius 2 is 2.20 bits per heavy atom. The molecule has 1 rings (SSSR count). The summed E-state index contributed by atoms with van der Waals surface area (Å²) in [4.78, 5) is 0. The molecule has 3 unspecified atom stereocenters. The third-order valence-electron chi connectivity index (χ3n) is 2.06. The van der Waals surface area contributed by atoms with Gasteiger partial charge in [-0.3, -0.25) is 0 Å². The van der Waals surface area contributed by atoms with Gasteiger partial charge in [-0.1, -0.05) is 0 Å². The first-order valence-electron chi connectivity index (χ1n) is 3.35. The fourth-order valence-electron chi connectivity index (χ4n) is 1.31. The van der Waals surface area contributed by atoms with E-state index in [1.807, 2.05) is 0 Å². The van der Waals surface area contributed by atoms with Crippen LogP contribution in [0.1, 0.15) is 6.42 Å². The van der Waals surface area contributed by atoms with E-state index in [-0.39, 0.29) is 18.9 Å². The monoisotopic (exact) mass is 149 g/mol. The van der Waals surface area contributed by atoms with Gasteiger partial charge in [0.05, 0.1) is 6.10 Å². The van der Waals surface area contributed by atoms with Crippen molar-refractivity contribution in [3.8, 4) is 0 Å². The van der Waals surface area contributed by atoms with Crippen molar-refractivity contribution in [3.05, 3.63) is 0 Å². The molecule has 1 fully saturated rings. The van der Waals surface area contributed by atoms with Gasteiger partial charge in [-0.25, -0.2) is 4.39 Å². The molecule has 0 aromatic rings. The molecule has 1 saturated carbocycles. The molecule has 10 heavy (non-hydrogen) atoms. The SMILES string of the molecule is N[C@@H]1C(CO)CC(O)C1F. The van der Waals surface area contributed by atoms with Crippen molar-refractivity contribution in [3.63, 3.8) is 0 Å². The second-order valence-corrected chi connectivity index (χ2v) is 2.77. The van der Waals surface area contributed by atoms with Crippen molar-refractivity contribution in [1.29, 1.82) is 0 Å². The number of hydrogen-bond donors (Lipinski definition) is 3. The van der Waals surface area contributed by atoms with Crippen molar-refractivity contribution in [1.82, 2.24) is 0 Å². The number of aliphatic hydroxyl groups is 2. The van der Waals surface area contributed by atoms with Crippen molar-refractivity contribution >= 4 is 0 Å². The Morgan fingerprint density at radius 3 is 2.40 bits per heavy atom. The highest BCUT2D eigenvalue weighted by Gasteiger charge is 2.40. The molecule has 0 aliphatic heterocycles. The maximum absolute atomic E-state index is 12.7. The molecule has 0 bridgehead atoms. The predicted molar refractivity (Wildman–Crippen MR) is 34.1 cm³/mol. The van der Waals surface area contributed by atoms with Crippen LogP contribution >= 0.6 is 0 Å². The number of hydrogen-bond acceptors (Lipinski definition) is 3. The number of rotatable bonds is 1. The van der Waals surface area contributed by atoms with Gasteiger partial charge in [0.15, 0.2) is 0 Å². The fraction of sp³-hybridized carbons (Fsp3) is 1.00. The molecule has 0 aromatic heterocycles. The van der Waals surface area contributed by atoms with Gasteiger partial charge < -0.3 is 15.9 Å². The molecule has 1 aliphatic rings. The number of halogens is 1. The van der Waals surface area contributed by atoms with Gasteiger partial charge in [0.25, 0.3) is 0 Å². The molecule has 0 spiro atoms. The molecule has 4 N–H and O–H groups in total.